The van der Waals surface area contributed by atoms with Crippen LogP contribution < -0.4 is 0 Å². The van der Waals surface area contributed by atoms with Gasteiger partial charge in [-0.2, -0.15) is 0 Å². The lowest BCUT2D eigenvalue weighted by molar-refractivity contribution is -0.138. The van der Waals surface area contributed by atoms with Gasteiger partial charge < -0.3 is 4.74 Å². The largest absolute Gasteiger partial charge is 0.435 e. The molecule has 0 atom stereocenters. The van der Waals surface area contributed by atoms with Crippen LogP contribution in [0.25, 0.3) is 0 Å². The average molecular weight is 266 g/mol. The van der Waals surface area contributed by atoms with Crippen LogP contribution in [0.4, 0.5) is 0 Å². The minimum absolute atomic E-state index is 0.146. The molecule has 0 aliphatic heterocycles. The fourth-order valence-electron chi connectivity index (χ4n) is 3.04. The molecule has 0 spiro atoms. The molecule has 1 fully saturated rings. The van der Waals surface area contributed by atoms with Crippen LogP contribution in [0.5, 0.6) is 0 Å². The average Bonchev–Trinajstić information content (AvgIpc) is 2.43. The van der Waals surface area contributed by atoms with E-state index >= 15 is 0 Å². The second kappa shape index (κ2) is 11.1. The molecule has 0 amide bonds. The quantitative estimate of drug-likeness (QED) is 0.302. The molecule has 0 N–H and O–H groups in total. The first-order valence-corrected chi connectivity index (χ1v) is 8.13. The van der Waals surface area contributed by atoms with Crippen molar-refractivity contribution in [2.24, 2.45) is 5.92 Å². The summed E-state index contributed by atoms with van der Waals surface area (Å²) in [5, 5.41) is 0. The van der Waals surface area contributed by atoms with Crippen molar-refractivity contribution in [2.45, 2.75) is 83.5 Å². The Morgan fingerprint density at radius 2 is 1.63 bits per heavy atom. The van der Waals surface area contributed by atoms with E-state index in [-0.39, 0.29) is 5.97 Å². The van der Waals surface area contributed by atoms with Gasteiger partial charge in [0.1, 0.15) is 0 Å². The summed E-state index contributed by atoms with van der Waals surface area (Å²) in [5.41, 5.74) is 0. The number of rotatable bonds is 10. The molecule has 1 saturated carbocycles. The normalized spacial score (nSPS) is 16.2. The van der Waals surface area contributed by atoms with E-state index in [4.69, 9.17) is 0 Å². The van der Waals surface area contributed by atoms with Gasteiger partial charge in [-0.15, -0.1) is 0 Å². The van der Waals surface area contributed by atoms with E-state index in [2.05, 4.69) is 11.3 Å². The first-order chi connectivity index (χ1) is 9.33. The summed E-state index contributed by atoms with van der Waals surface area (Å²) >= 11 is 0. The van der Waals surface area contributed by atoms with Crippen molar-refractivity contribution < 1.29 is 9.53 Å². The summed E-state index contributed by atoms with van der Waals surface area (Å²) in [6.45, 7) is 3.37. The van der Waals surface area contributed by atoms with Crippen molar-refractivity contribution >= 4 is 5.97 Å². The Bertz CT molecular complexity index is 242. The number of hydrogen-bond donors (Lipinski definition) is 0. The smallest absolute Gasteiger partial charge is 0.310 e. The zero-order chi connectivity index (χ0) is 13.8. The maximum Gasteiger partial charge on any atom is 0.310 e. The second-order valence-corrected chi connectivity index (χ2v) is 5.82. The lowest BCUT2D eigenvalue weighted by Crippen LogP contribution is -2.05. The van der Waals surface area contributed by atoms with E-state index in [1.807, 2.05) is 0 Å². The van der Waals surface area contributed by atoms with Gasteiger partial charge in [-0.25, -0.2) is 0 Å². The van der Waals surface area contributed by atoms with Gasteiger partial charge in [-0.05, 0) is 12.3 Å². The summed E-state index contributed by atoms with van der Waals surface area (Å²) in [7, 11) is 0. The topological polar surface area (TPSA) is 26.3 Å². The summed E-state index contributed by atoms with van der Waals surface area (Å²) < 4.78 is 4.68. The highest BCUT2D eigenvalue weighted by Gasteiger charge is 2.12. The molecule has 1 rings (SSSR count). The second-order valence-electron chi connectivity index (χ2n) is 5.82. The number of carbonyl (C=O) groups excluding carboxylic acids is 1. The minimum atomic E-state index is -0.146. The molecule has 0 bridgehead atoms. The van der Waals surface area contributed by atoms with Gasteiger partial charge >= 0.3 is 5.97 Å². The molecule has 2 heteroatoms. The molecule has 2 nitrogen and oxygen atoms in total. The molecule has 0 saturated heterocycles. The molecule has 19 heavy (non-hydrogen) atoms. The fraction of sp³-hybridized carbons (Fsp3) is 0.824. The number of carbonyl (C=O) groups is 1. The van der Waals surface area contributed by atoms with E-state index in [0.29, 0.717) is 6.42 Å². The number of ether oxygens (including phenoxy) is 1. The van der Waals surface area contributed by atoms with E-state index in [1.54, 1.807) is 0 Å². The van der Waals surface area contributed by atoms with Crippen LogP contribution >= 0.6 is 0 Å². The molecular weight excluding hydrogens is 236 g/mol. The maximum absolute atomic E-state index is 11.1. The van der Waals surface area contributed by atoms with Crippen molar-refractivity contribution in [3.63, 3.8) is 0 Å². The SMILES string of the molecule is C=COC(=O)CCCCCCCCC1CCCCC1. The first-order valence-electron chi connectivity index (χ1n) is 8.13. The van der Waals surface area contributed by atoms with Gasteiger partial charge in [-0.3, -0.25) is 4.79 Å². The third kappa shape index (κ3) is 8.85. The van der Waals surface area contributed by atoms with Crippen LogP contribution in [-0.2, 0) is 9.53 Å². The zero-order valence-electron chi connectivity index (χ0n) is 12.4. The van der Waals surface area contributed by atoms with Crippen LogP contribution in [0, 0.1) is 5.92 Å². The van der Waals surface area contributed by atoms with Crippen LogP contribution in [0.2, 0.25) is 0 Å². The zero-order valence-corrected chi connectivity index (χ0v) is 12.4. The Morgan fingerprint density at radius 3 is 2.32 bits per heavy atom. The Labute approximate surface area is 118 Å². The first kappa shape index (κ1) is 16.3. The summed E-state index contributed by atoms with van der Waals surface area (Å²) in [5.74, 6) is 0.884. The molecule has 1 aliphatic carbocycles. The summed E-state index contributed by atoms with van der Waals surface area (Å²) in [6, 6.07) is 0. The molecule has 0 radical (unpaired) electrons. The van der Waals surface area contributed by atoms with Gasteiger partial charge in [0.2, 0.25) is 0 Å². The minimum Gasteiger partial charge on any atom is -0.435 e. The van der Waals surface area contributed by atoms with Crippen LogP contribution in [0.1, 0.15) is 83.5 Å². The molecule has 0 heterocycles. The third-order valence-corrected chi connectivity index (χ3v) is 4.18. The lowest BCUT2D eigenvalue weighted by Gasteiger charge is -2.21. The lowest BCUT2D eigenvalue weighted by atomic mass is 9.85. The van der Waals surface area contributed by atoms with Crippen molar-refractivity contribution in [1.82, 2.24) is 0 Å². The van der Waals surface area contributed by atoms with E-state index < -0.39 is 0 Å². The van der Waals surface area contributed by atoms with Gasteiger partial charge in [-0.1, -0.05) is 77.2 Å². The van der Waals surface area contributed by atoms with Crippen LogP contribution in [0.3, 0.4) is 0 Å². The van der Waals surface area contributed by atoms with Crippen LogP contribution in [-0.4, -0.2) is 5.97 Å². The number of hydrogen-bond acceptors (Lipinski definition) is 2. The van der Waals surface area contributed by atoms with Gasteiger partial charge in [0.15, 0.2) is 0 Å². The van der Waals surface area contributed by atoms with E-state index in [0.717, 1.165) is 18.8 Å². The molecular formula is C17H30O2. The number of unbranched alkanes of at least 4 members (excludes halogenated alkanes) is 5. The Morgan fingerprint density at radius 1 is 1.00 bits per heavy atom. The summed E-state index contributed by atoms with van der Waals surface area (Å²) in [6.07, 6.45) is 18.0. The van der Waals surface area contributed by atoms with Gasteiger partial charge in [0.05, 0.1) is 6.26 Å². The molecule has 0 aromatic carbocycles. The van der Waals surface area contributed by atoms with Crippen molar-refractivity contribution in [2.75, 3.05) is 0 Å². The highest BCUT2D eigenvalue weighted by Crippen LogP contribution is 2.28. The monoisotopic (exact) mass is 266 g/mol. The summed E-state index contributed by atoms with van der Waals surface area (Å²) in [4.78, 5) is 11.1. The van der Waals surface area contributed by atoms with Crippen LogP contribution in [0.15, 0.2) is 12.8 Å². The standard InChI is InChI=1S/C17H30O2/c1-2-19-17(18)15-11-6-4-3-5-8-12-16-13-9-7-10-14-16/h2,16H,1,3-15H2. The van der Waals surface area contributed by atoms with Crippen molar-refractivity contribution in [3.05, 3.63) is 12.8 Å². The third-order valence-electron chi connectivity index (χ3n) is 4.18. The Balaban J connectivity index is 1.80. The number of esters is 1. The molecule has 0 unspecified atom stereocenters. The highest BCUT2D eigenvalue weighted by molar-refractivity contribution is 5.69. The Kier molecular flexibility index (Phi) is 9.48. The molecule has 0 aromatic rings. The molecule has 0 aromatic heterocycles. The van der Waals surface area contributed by atoms with E-state index in [1.165, 1.54) is 70.5 Å². The van der Waals surface area contributed by atoms with Gasteiger partial charge in [0.25, 0.3) is 0 Å². The highest BCUT2D eigenvalue weighted by atomic mass is 16.5. The molecule has 110 valence electrons. The molecule has 1 aliphatic rings. The maximum atomic E-state index is 11.1. The van der Waals surface area contributed by atoms with Crippen molar-refractivity contribution in [3.8, 4) is 0 Å². The Hall–Kier alpha value is -0.790. The van der Waals surface area contributed by atoms with Gasteiger partial charge in [0, 0.05) is 6.42 Å². The predicted octanol–water partition coefficient (Wildman–Crippen LogP) is 5.37. The predicted molar refractivity (Wildman–Crippen MR) is 79.8 cm³/mol. The van der Waals surface area contributed by atoms with Crippen molar-refractivity contribution in [1.29, 1.82) is 0 Å². The van der Waals surface area contributed by atoms with E-state index in [9.17, 15) is 4.79 Å². The fourth-order valence-corrected chi connectivity index (χ4v) is 3.04.